The van der Waals surface area contributed by atoms with Crippen molar-refractivity contribution in [2.45, 2.75) is 26.7 Å². The number of primary amides is 1. The molecule has 0 aliphatic heterocycles. The van der Waals surface area contributed by atoms with Gasteiger partial charge in [-0.2, -0.15) is 5.26 Å². The van der Waals surface area contributed by atoms with Gasteiger partial charge in [0.05, 0.1) is 0 Å². The van der Waals surface area contributed by atoms with Crippen LogP contribution in [0.25, 0.3) is 6.08 Å². The fraction of sp³-hybridized carbons (Fsp3) is 0.375. The summed E-state index contributed by atoms with van der Waals surface area (Å²) in [4.78, 5) is 13.3. The van der Waals surface area contributed by atoms with Gasteiger partial charge in [0.2, 0.25) is 0 Å². The zero-order valence-corrected chi connectivity index (χ0v) is 12.1. The number of anilines is 1. The summed E-state index contributed by atoms with van der Waals surface area (Å²) < 4.78 is 0. The molecule has 0 radical (unpaired) electrons. The maximum Gasteiger partial charge on any atom is 0.259 e. The Morgan fingerprint density at radius 2 is 1.80 bits per heavy atom. The average Bonchev–Trinajstić information content (AvgIpc) is 2.45. The van der Waals surface area contributed by atoms with Gasteiger partial charge in [-0.1, -0.05) is 26.0 Å². The number of hydrogen-bond donors (Lipinski definition) is 1. The first kappa shape index (κ1) is 15.8. The number of carbonyl (C=O) groups is 1. The highest BCUT2D eigenvalue weighted by atomic mass is 16.1. The van der Waals surface area contributed by atoms with Crippen LogP contribution < -0.4 is 10.6 Å². The highest BCUT2D eigenvalue weighted by molar-refractivity contribution is 6.00. The van der Waals surface area contributed by atoms with Crippen molar-refractivity contribution in [3.05, 3.63) is 35.4 Å². The molecule has 20 heavy (non-hydrogen) atoms. The van der Waals surface area contributed by atoms with Crippen molar-refractivity contribution in [1.82, 2.24) is 0 Å². The standard InChI is InChI=1S/C16H21N3O/c1-3-9-19(10-4-2)15-7-5-13(6-8-15)11-14(12-17)16(18)20/h5-8,11H,3-4,9-10H2,1-2H3,(H2,18,20)/b14-11+. The molecule has 0 atom stereocenters. The van der Waals surface area contributed by atoms with Gasteiger partial charge in [0.25, 0.3) is 5.91 Å². The highest BCUT2D eigenvalue weighted by Crippen LogP contribution is 2.17. The van der Waals surface area contributed by atoms with Gasteiger partial charge >= 0.3 is 0 Å². The second-order valence-corrected chi connectivity index (χ2v) is 4.61. The molecule has 2 N–H and O–H groups in total. The smallest absolute Gasteiger partial charge is 0.259 e. The summed E-state index contributed by atoms with van der Waals surface area (Å²) in [6.07, 6.45) is 3.71. The normalized spacial score (nSPS) is 10.9. The lowest BCUT2D eigenvalue weighted by Crippen LogP contribution is -2.24. The minimum atomic E-state index is -0.699. The summed E-state index contributed by atoms with van der Waals surface area (Å²) in [5.41, 5.74) is 7.04. The molecule has 0 saturated heterocycles. The van der Waals surface area contributed by atoms with E-state index in [1.165, 1.54) is 6.08 Å². The minimum Gasteiger partial charge on any atom is -0.372 e. The average molecular weight is 271 g/mol. The zero-order valence-electron chi connectivity index (χ0n) is 12.1. The molecule has 0 aliphatic carbocycles. The minimum absolute atomic E-state index is 0.0308. The van der Waals surface area contributed by atoms with Crippen LogP contribution in [0.2, 0.25) is 0 Å². The van der Waals surface area contributed by atoms with Crippen LogP contribution in [0.15, 0.2) is 29.8 Å². The lowest BCUT2D eigenvalue weighted by Gasteiger charge is -2.23. The molecule has 1 aromatic carbocycles. The Balaban J connectivity index is 2.93. The van der Waals surface area contributed by atoms with Crippen molar-refractivity contribution in [3.8, 4) is 6.07 Å². The molecule has 0 spiro atoms. The van der Waals surface area contributed by atoms with E-state index in [1.54, 1.807) is 6.07 Å². The fourth-order valence-electron chi connectivity index (χ4n) is 2.02. The topological polar surface area (TPSA) is 70.1 Å². The van der Waals surface area contributed by atoms with Crippen LogP contribution in [-0.4, -0.2) is 19.0 Å². The number of amides is 1. The second kappa shape index (κ2) is 8.00. The summed E-state index contributed by atoms with van der Waals surface area (Å²) in [6.45, 7) is 6.36. The van der Waals surface area contributed by atoms with Crippen LogP contribution in [0.1, 0.15) is 32.3 Å². The summed E-state index contributed by atoms with van der Waals surface area (Å²) in [5.74, 6) is -0.699. The predicted octanol–water partition coefficient (Wildman–Crippen LogP) is 2.71. The van der Waals surface area contributed by atoms with Crippen LogP contribution in [0.5, 0.6) is 0 Å². The second-order valence-electron chi connectivity index (χ2n) is 4.61. The molecular formula is C16H21N3O. The molecular weight excluding hydrogens is 250 g/mol. The Morgan fingerprint density at radius 1 is 1.25 bits per heavy atom. The molecule has 0 heterocycles. The molecule has 0 aromatic heterocycles. The third-order valence-electron chi connectivity index (χ3n) is 2.94. The van der Waals surface area contributed by atoms with Crippen LogP contribution in [0.4, 0.5) is 5.69 Å². The molecule has 106 valence electrons. The Hall–Kier alpha value is -2.28. The quantitative estimate of drug-likeness (QED) is 0.612. The third kappa shape index (κ3) is 4.43. The van der Waals surface area contributed by atoms with Crippen molar-refractivity contribution < 1.29 is 4.79 Å². The lowest BCUT2D eigenvalue weighted by molar-refractivity contribution is -0.114. The molecule has 0 unspecified atom stereocenters. The van der Waals surface area contributed by atoms with Crippen LogP contribution in [0, 0.1) is 11.3 Å². The van der Waals surface area contributed by atoms with E-state index in [9.17, 15) is 4.79 Å². The predicted molar refractivity (Wildman–Crippen MR) is 82.0 cm³/mol. The number of carbonyl (C=O) groups excluding carboxylic acids is 1. The van der Waals surface area contributed by atoms with Crippen molar-refractivity contribution >= 4 is 17.7 Å². The molecule has 0 fully saturated rings. The monoisotopic (exact) mass is 271 g/mol. The Bertz CT molecular complexity index is 506. The van der Waals surface area contributed by atoms with E-state index < -0.39 is 5.91 Å². The highest BCUT2D eigenvalue weighted by Gasteiger charge is 2.05. The van der Waals surface area contributed by atoms with Crippen molar-refractivity contribution in [2.75, 3.05) is 18.0 Å². The van der Waals surface area contributed by atoms with Crippen molar-refractivity contribution in [2.24, 2.45) is 5.73 Å². The van der Waals surface area contributed by atoms with Gasteiger partial charge in [0.15, 0.2) is 0 Å². The maximum absolute atomic E-state index is 11.0. The molecule has 1 aromatic rings. The van der Waals surface area contributed by atoms with Gasteiger partial charge in [-0.15, -0.1) is 0 Å². The van der Waals surface area contributed by atoms with Crippen LogP contribution in [-0.2, 0) is 4.79 Å². The van der Waals surface area contributed by atoms with Gasteiger partial charge in [0, 0.05) is 18.8 Å². The SMILES string of the molecule is CCCN(CCC)c1ccc(/C=C(\C#N)C(N)=O)cc1. The van der Waals surface area contributed by atoms with Crippen molar-refractivity contribution in [3.63, 3.8) is 0 Å². The number of nitrogens with two attached hydrogens (primary N) is 1. The number of nitriles is 1. The number of nitrogens with zero attached hydrogens (tertiary/aromatic N) is 2. The summed E-state index contributed by atoms with van der Waals surface area (Å²) in [5, 5.41) is 8.81. The number of rotatable bonds is 7. The Kier molecular flexibility index (Phi) is 6.31. The van der Waals surface area contributed by atoms with Gasteiger partial charge in [-0.05, 0) is 36.6 Å². The van der Waals surface area contributed by atoms with E-state index in [4.69, 9.17) is 11.0 Å². The zero-order chi connectivity index (χ0) is 15.0. The van der Waals surface area contributed by atoms with Gasteiger partial charge in [-0.25, -0.2) is 0 Å². The third-order valence-corrected chi connectivity index (χ3v) is 2.94. The van der Waals surface area contributed by atoms with E-state index in [2.05, 4.69) is 18.7 Å². The van der Waals surface area contributed by atoms with E-state index >= 15 is 0 Å². The fourth-order valence-corrected chi connectivity index (χ4v) is 2.02. The molecule has 0 saturated carbocycles. The van der Waals surface area contributed by atoms with Crippen molar-refractivity contribution in [1.29, 1.82) is 5.26 Å². The van der Waals surface area contributed by atoms with E-state index in [-0.39, 0.29) is 5.57 Å². The molecule has 1 rings (SSSR count). The van der Waals surface area contributed by atoms with E-state index in [1.807, 2.05) is 24.3 Å². The number of benzene rings is 1. The molecule has 0 aliphatic rings. The summed E-state index contributed by atoms with van der Waals surface area (Å²) >= 11 is 0. The first-order chi connectivity index (χ1) is 9.62. The lowest BCUT2D eigenvalue weighted by atomic mass is 10.1. The first-order valence-electron chi connectivity index (χ1n) is 6.89. The molecule has 4 nitrogen and oxygen atoms in total. The summed E-state index contributed by atoms with van der Waals surface area (Å²) in [7, 11) is 0. The van der Waals surface area contributed by atoms with Crippen LogP contribution in [0.3, 0.4) is 0 Å². The van der Waals surface area contributed by atoms with Gasteiger partial charge < -0.3 is 10.6 Å². The van der Waals surface area contributed by atoms with Crippen LogP contribution >= 0.6 is 0 Å². The Labute approximate surface area is 120 Å². The van der Waals surface area contributed by atoms with E-state index in [0.717, 1.165) is 37.2 Å². The van der Waals surface area contributed by atoms with Gasteiger partial charge in [0.1, 0.15) is 11.6 Å². The number of hydrogen-bond acceptors (Lipinski definition) is 3. The molecule has 1 amide bonds. The molecule has 0 bridgehead atoms. The summed E-state index contributed by atoms with van der Waals surface area (Å²) in [6, 6.07) is 9.61. The van der Waals surface area contributed by atoms with Gasteiger partial charge in [-0.3, -0.25) is 4.79 Å². The van der Waals surface area contributed by atoms with E-state index in [0.29, 0.717) is 0 Å². The first-order valence-corrected chi connectivity index (χ1v) is 6.89. The maximum atomic E-state index is 11.0. The largest absolute Gasteiger partial charge is 0.372 e. The Morgan fingerprint density at radius 3 is 2.20 bits per heavy atom. The molecule has 4 heteroatoms.